The van der Waals surface area contributed by atoms with Crippen molar-refractivity contribution in [3.8, 4) is 5.75 Å². The van der Waals surface area contributed by atoms with Gasteiger partial charge < -0.3 is 15.2 Å². The second-order valence-corrected chi connectivity index (χ2v) is 10.5. The van der Waals surface area contributed by atoms with E-state index in [0.717, 1.165) is 11.8 Å². The first-order valence-corrected chi connectivity index (χ1v) is 12.9. The average Bonchev–Trinajstić information content (AvgIpc) is 3.05. The molecule has 10 nitrogen and oxygen atoms in total. The number of aliphatic carboxylic acids is 1. The van der Waals surface area contributed by atoms with E-state index in [-0.39, 0.29) is 36.8 Å². The van der Waals surface area contributed by atoms with Crippen LogP contribution in [0.5, 0.6) is 5.75 Å². The van der Waals surface area contributed by atoms with E-state index in [0.29, 0.717) is 26.2 Å². The Morgan fingerprint density at radius 1 is 1.17 bits per heavy atom. The smallest absolute Gasteiger partial charge is 0.303 e. The predicted octanol–water partition coefficient (Wildman–Crippen LogP) is 2.42. The van der Waals surface area contributed by atoms with Crippen molar-refractivity contribution >= 4 is 67.9 Å². The van der Waals surface area contributed by atoms with Crippen LogP contribution in [0.25, 0.3) is 6.08 Å². The molecule has 0 saturated carbocycles. The largest absolute Gasteiger partial charge is 0.483 e. The van der Waals surface area contributed by atoms with Crippen molar-refractivity contribution in [2.75, 3.05) is 18.5 Å². The molecule has 2 aromatic rings. The predicted molar refractivity (Wildman–Crippen MR) is 135 cm³/mol. The van der Waals surface area contributed by atoms with Gasteiger partial charge in [0, 0.05) is 24.2 Å². The quantitative estimate of drug-likeness (QED) is 0.307. The molecule has 35 heavy (non-hydrogen) atoms. The van der Waals surface area contributed by atoms with Gasteiger partial charge in [0.2, 0.25) is 10.0 Å². The summed E-state index contributed by atoms with van der Waals surface area (Å²) in [5.74, 6) is -1.38. The number of ether oxygens (including phenoxy) is 1. The maximum absolute atomic E-state index is 12.7. The Morgan fingerprint density at radius 3 is 2.51 bits per heavy atom. The molecule has 1 fully saturated rings. The third-order valence-corrected chi connectivity index (χ3v) is 6.98. The standard InChI is InChI=1S/C22H21N3O7S3/c23-35(30,31)16-9-7-15(8-10-16)24-19(26)13-32-17-5-2-1-4-14(17)12-18-21(29)25(22(33)34-18)11-3-6-20(27)28/h1-2,4-5,7-10,12H,3,6,11,13H2,(H,24,26)(H,27,28)(H2,23,30,31)/b18-12-. The first-order valence-electron chi connectivity index (χ1n) is 10.2. The molecule has 1 saturated heterocycles. The summed E-state index contributed by atoms with van der Waals surface area (Å²) in [6, 6.07) is 12.2. The Morgan fingerprint density at radius 2 is 1.86 bits per heavy atom. The lowest BCUT2D eigenvalue weighted by atomic mass is 10.2. The van der Waals surface area contributed by atoms with Gasteiger partial charge in [-0.25, -0.2) is 13.6 Å². The number of nitrogens with one attached hydrogen (secondary N) is 1. The number of carbonyl (C=O) groups excluding carboxylic acids is 2. The van der Waals surface area contributed by atoms with Crippen LogP contribution in [-0.4, -0.2) is 53.7 Å². The monoisotopic (exact) mass is 535 g/mol. The van der Waals surface area contributed by atoms with Gasteiger partial charge in [-0.05, 0) is 42.8 Å². The van der Waals surface area contributed by atoms with Crippen molar-refractivity contribution in [3.05, 3.63) is 59.0 Å². The van der Waals surface area contributed by atoms with E-state index < -0.39 is 21.9 Å². The van der Waals surface area contributed by atoms with E-state index in [2.05, 4.69) is 5.32 Å². The number of sulfonamides is 1. The van der Waals surface area contributed by atoms with Crippen LogP contribution >= 0.6 is 24.0 Å². The minimum atomic E-state index is -3.83. The molecular formula is C22H21N3O7S3. The van der Waals surface area contributed by atoms with Gasteiger partial charge in [-0.2, -0.15) is 0 Å². The third-order valence-electron chi connectivity index (χ3n) is 4.68. The number of hydrogen-bond acceptors (Lipinski definition) is 8. The lowest BCUT2D eigenvalue weighted by Gasteiger charge is -2.13. The first-order chi connectivity index (χ1) is 16.5. The number of nitrogens with two attached hydrogens (primary N) is 1. The number of nitrogens with zero attached hydrogens (tertiary/aromatic N) is 1. The Kier molecular flexibility index (Phi) is 8.62. The van der Waals surface area contributed by atoms with Crippen molar-refractivity contribution in [1.29, 1.82) is 0 Å². The van der Waals surface area contributed by atoms with E-state index in [9.17, 15) is 22.8 Å². The fourth-order valence-corrected chi connectivity index (χ4v) is 4.84. The molecule has 0 spiro atoms. The molecule has 0 unspecified atom stereocenters. The van der Waals surface area contributed by atoms with Crippen LogP contribution in [0.3, 0.4) is 0 Å². The highest BCUT2D eigenvalue weighted by Crippen LogP contribution is 2.34. The zero-order chi connectivity index (χ0) is 25.6. The van der Waals surface area contributed by atoms with Gasteiger partial charge in [-0.1, -0.05) is 42.2 Å². The Hall–Kier alpha value is -3.26. The first kappa shape index (κ1) is 26.3. The maximum atomic E-state index is 12.7. The van der Waals surface area contributed by atoms with Gasteiger partial charge in [0.05, 0.1) is 9.80 Å². The number of anilines is 1. The number of benzene rings is 2. The summed E-state index contributed by atoms with van der Waals surface area (Å²) >= 11 is 6.36. The minimum absolute atomic E-state index is 0.0644. The number of thioether (sulfide) groups is 1. The van der Waals surface area contributed by atoms with Crippen LogP contribution in [0.1, 0.15) is 18.4 Å². The normalized spacial score (nSPS) is 14.9. The fraction of sp³-hybridized carbons (Fsp3) is 0.182. The van der Waals surface area contributed by atoms with Crippen molar-refractivity contribution in [3.63, 3.8) is 0 Å². The second kappa shape index (κ2) is 11.4. The second-order valence-electron chi connectivity index (χ2n) is 7.27. The fourth-order valence-electron chi connectivity index (χ4n) is 3.02. The molecule has 4 N–H and O–H groups in total. The molecule has 0 aromatic heterocycles. The molecule has 3 rings (SSSR count). The third kappa shape index (κ3) is 7.36. The summed E-state index contributed by atoms with van der Waals surface area (Å²) in [4.78, 5) is 37.4. The number of carbonyl (C=O) groups is 3. The van der Waals surface area contributed by atoms with Gasteiger partial charge in [0.1, 0.15) is 10.1 Å². The highest BCUT2D eigenvalue weighted by atomic mass is 32.2. The van der Waals surface area contributed by atoms with Crippen LogP contribution < -0.4 is 15.2 Å². The van der Waals surface area contributed by atoms with E-state index >= 15 is 0 Å². The van der Waals surface area contributed by atoms with Crippen molar-refractivity contribution < 1.29 is 32.6 Å². The summed E-state index contributed by atoms with van der Waals surface area (Å²) in [5.41, 5.74) is 0.926. The minimum Gasteiger partial charge on any atom is -0.483 e. The lowest BCUT2D eigenvalue weighted by Crippen LogP contribution is -2.29. The molecular weight excluding hydrogens is 514 g/mol. The molecule has 1 aliphatic rings. The molecule has 184 valence electrons. The van der Waals surface area contributed by atoms with E-state index in [1.54, 1.807) is 30.3 Å². The molecule has 0 bridgehead atoms. The molecule has 13 heteroatoms. The number of carboxylic acid groups (broad SMARTS) is 1. The van der Waals surface area contributed by atoms with Gasteiger partial charge in [0.25, 0.3) is 11.8 Å². The summed E-state index contributed by atoms with van der Waals surface area (Å²) in [7, 11) is -3.83. The molecule has 2 aromatic carbocycles. The Balaban J connectivity index is 1.63. The zero-order valence-electron chi connectivity index (χ0n) is 18.2. The highest BCUT2D eigenvalue weighted by molar-refractivity contribution is 8.26. The van der Waals surface area contributed by atoms with Gasteiger partial charge >= 0.3 is 5.97 Å². The van der Waals surface area contributed by atoms with Crippen LogP contribution in [0, 0.1) is 0 Å². The molecule has 0 atom stereocenters. The van der Waals surface area contributed by atoms with Crippen LogP contribution in [0.15, 0.2) is 58.3 Å². The highest BCUT2D eigenvalue weighted by Gasteiger charge is 2.31. The summed E-state index contributed by atoms with van der Waals surface area (Å²) in [6.07, 6.45) is 1.83. The summed E-state index contributed by atoms with van der Waals surface area (Å²) in [5, 5.41) is 16.4. The molecule has 0 aliphatic carbocycles. The maximum Gasteiger partial charge on any atom is 0.303 e. The summed E-state index contributed by atoms with van der Waals surface area (Å²) in [6.45, 7) is -0.122. The topological polar surface area (TPSA) is 156 Å². The SMILES string of the molecule is NS(=O)(=O)c1ccc(NC(=O)COc2ccccc2/C=C2\SC(=S)N(CCCC(=O)O)C2=O)cc1. The van der Waals surface area contributed by atoms with Crippen molar-refractivity contribution in [1.82, 2.24) is 4.90 Å². The number of rotatable bonds is 10. The number of para-hydroxylation sites is 1. The van der Waals surface area contributed by atoms with Crippen LogP contribution in [0.2, 0.25) is 0 Å². The van der Waals surface area contributed by atoms with Crippen molar-refractivity contribution in [2.24, 2.45) is 5.14 Å². The molecule has 1 heterocycles. The Labute approximate surface area is 211 Å². The molecule has 2 amide bonds. The number of primary sulfonamides is 1. The number of thiocarbonyl (C=S) groups is 1. The zero-order valence-corrected chi connectivity index (χ0v) is 20.6. The van der Waals surface area contributed by atoms with E-state index in [1.807, 2.05) is 0 Å². The van der Waals surface area contributed by atoms with Crippen LogP contribution in [-0.2, 0) is 24.4 Å². The Bertz CT molecular complexity index is 1290. The average molecular weight is 536 g/mol. The molecule has 0 radical (unpaired) electrons. The van der Waals surface area contributed by atoms with E-state index in [1.165, 1.54) is 29.2 Å². The number of amides is 2. The van der Waals surface area contributed by atoms with E-state index in [4.69, 9.17) is 27.2 Å². The number of carboxylic acids is 1. The summed E-state index contributed by atoms with van der Waals surface area (Å²) < 4.78 is 28.6. The van der Waals surface area contributed by atoms with Gasteiger partial charge in [-0.15, -0.1) is 0 Å². The lowest BCUT2D eigenvalue weighted by molar-refractivity contribution is -0.137. The number of hydrogen-bond donors (Lipinski definition) is 3. The van der Waals surface area contributed by atoms with Gasteiger partial charge in [0.15, 0.2) is 6.61 Å². The van der Waals surface area contributed by atoms with Gasteiger partial charge in [-0.3, -0.25) is 19.3 Å². The molecule has 1 aliphatic heterocycles. The van der Waals surface area contributed by atoms with Crippen LogP contribution in [0.4, 0.5) is 5.69 Å². The van der Waals surface area contributed by atoms with Crippen molar-refractivity contribution in [2.45, 2.75) is 17.7 Å².